The summed E-state index contributed by atoms with van der Waals surface area (Å²) in [5.41, 5.74) is 10.2. The number of nitrogens with two attached hydrogens (primary N) is 2. The van der Waals surface area contributed by atoms with Crippen LogP contribution >= 0.6 is 23.2 Å². The van der Waals surface area contributed by atoms with Crippen LogP contribution in [0.3, 0.4) is 0 Å². The molecule has 4 N–H and O–H groups in total. The smallest absolute Gasteiger partial charge is 0.241 e. The van der Waals surface area contributed by atoms with E-state index < -0.39 is 11.4 Å². The molecule has 0 aliphatic carbocycles. The van der Waals surface area contributed by atoms with E-state index in [4.69, 9.17) is 34.7 Å². The van der Waals surface area contributed by atoms with Crippen LogP contribution in [0.25, 0.3) is 0 Å². The molecule has 0 spiro atoms. The van der Waals surface area contributed by atoms with Gasteiger partial charge in [0.2, 0.25) is 5.91 Å². The Morgan fingerprint density at radius 1 is 1.36 bits per heavy atom. The van der Waals surface area contributed by atoms with Crippen molar-refractivity contribution in [3.05, 3.63) is 33.8 Å². The highest BCUT2D eigenvalue weighted by atomic mass is 35.5. The van der Waals surface area contributed by atoms with Crippen LogP contribution in [-0.2, 0) is 10.3 Å². The quantitative estimate of drug-likeness (QED) is 0.815. The average Bonchev–Trinajstić information content (AvgIpc) is 2.09. The molecule has 0 bridgehead atoms. The molecule has 1 rings (SSSR count). The summed E-state index contributed by atoms with van der Waals surface area (Å²) in [6.45, 7) is 1.52. The molecular formula is C9H10Cl2N2O. The molecule has 0 aliphatic rings. The molecular weight excluding hydrogens is 223 g/mol. The lowest BCUT2D eigenvalue weighted by Gasteiger charge is -2.21. The summed E-state index contributed by atoms with van der Waals surface area (Å²) in [5.74, 6) is -0.615. The first-order valence-corrected chi connectivity index (χ1v) is 4.65. The maximum Gasteiger partial charge on any atom is 0.241 e. The van der Waals surface area contributed by atoms with E-state index in [2.05, 4.69) is 0 Å². The molecule has 0 fully saturated rings. The lowest BCUT2D eigenvalue weighted by atomic mass is 9.93. The first-order chi connectivity index (χ1) is 6.35. The van der Waals surface area contributed by atoms with Crippen LogP contribution in [0.15, 0.2) is 18.2 Å². The summed E-state index contributed by atoms with van der Waals surface area (Å²) in [6.07, 6.45) is 0. The average molecular weight is 233 g/mol. The molecule has 3 nitrogen and oxygen atoms in total. The molecule has 1 aromatic carbocycles. The minimum Gasteiger partial charge on any atom is -0.368 e. The second-order valence-electron chi connectivity index (χ2n) is 3.20. The molecule has 0 saturated heterocycles. The third-order valence-electron chi connectivity index (χ3n) is 2.03. The zero-order valence-electron chi connectivity index (χ0n) is 7.55. The van der Waals surface area contributed by atoms with Crippen LogP contribution in [0.1, 0.15) is 12.5 Å². The minimum atomic E-state index is -1.23. The summed E-state index contributed by atoms with van der Waals surface area (Å²) in [6, 6.07) is 4.74. The van der Waals surface area contributed by atoms with Crippen molar-refractivity contribution in [1.82, 2.24) is 0 Å². The SMILES string of the molecule is CC(N)(C(N)=O)c1ccc(Cl)c(Cl)c1. The number of primary amides is 1. The van der Waals surface area contributed by atoms with E-state index >= 15 is 0 Å². The summed E-state index contributed by atoms with van der Waals surface area (Å²) in [7, 11) is 0. The summed E-state index contributed by atoms with van der Waals surface area (Å²) >= 11 is 11.5. The van der Waals surface area contributed by atoms with Crippen LogP contribution in [0, 0.1) is 0 Å². The third kappa shape index (κ3) is 2.00. The Hall–Kier alpha value is -0.770. The molecule has 1 unspecified atom stereocenters. The van der Waals surface area contributed by atoms with E-state index in [1.165, 1.54) is 13.0 Å². The van der Waals surface area contributed by atoms with Gasteiger partial charge in [-0.1, -0.05) is 29.3 Å². The molecule has 0 heterocycles. The van der Waals surface area contributed by atoms with Crippen molar-refractivity contribution in [2.45, 2.75) is 12.5 Å². The van der Waals surface area contributed by atoms with Gasteiger partial charge in [-0.25, -0.2) is 0 Å². The van der Waals surface area contributed by atoms with Gasteiger partial charge in [-0.05, 0) is 24.6 Å². The Kier molecular flexibility index (Phi) is 3.04. The molecule has 0 saturated carbocycles. The van der Waals surface area contributed by atoms with Crippen molar-refractivity contribution in [3.63, 3.8) is 0 Å². The Morgan fingerprint density at radius 2 is 1.93 bits per heavy atom. The predicted octanol–water partition coefficient (Wildman–Crippen LogP) is 1.65. The van der Waals surface area contributed by atoms with Gasteiger partial charge in [0.05, 0.1) is 10.0 Å². The standard InChI is InChI=1S/C9H10Cl2N2O/c1-9(13,8(12)14)5-2-3-6(10)7(11)4-5/h2-4H,13H2,1H3,(H2,12,14). The van der Waals surface area contributed by atoms with Gasteiger partial charge in [-0.15, -0.1) is 0 Å². The third-order valence-corrected chi connectivity index (χ3v) is 2.77. The largest absolute Gasteiger partial charge is 0.368 e. The first kappa shape index (κ1) is 11.3. The zero-order chi connectivity index (χ0) is 10.9. The lowest BCUT2D eigenvalue weighted by Crippen LogP contribution is -2.46. The maximum absolute atomic E-state index is 11.0. The van der Waals surface area contributed by atoms with Gasteiger partial charge in [0, 0.05) is 0 Å². The van der Waals surface area contributed by atoms with Crippen LogP contribution in [0.4, 0.5) is 0 Å². The van der Waals surface area contributed by atoms with Crippen molar-refractivity contribution >= 4 is 29.1 Å². The highest BCUT2D eigenvalue weighted by Gasteiger charge is 2.28. The van der Waals surface area contributed by atoms with E-state index in [0.717, 1.165) is 0 Å². The van der Waals surface area contributed by atoms with Crippen LogP contribution < -0.4 is 11.5 Å². The van der Waals surface area contributed by atoms with Crippen molar-refractivity contribution in [2.24, 2.45) is 11.5 Å². The van der Waals surface area contributed by atoms with Gasteiger partial charge >= 0.3 is 0 Å². The van der Waals surface area contributed by atoms with Crippen molar-refractivity contribution in [2.75, 3.05) is 0 Å². The summed E-state index contributed by atoms with van der Waals surface area (Å²) in [5, 5.41) is 0.762. The Labute approximate surface area is 92.0 Å². The van der Waals surface area contributed by atoms with Gasteiger partial charge in [-0.3, -0.25) is 4.79 Å². The number of benzene rings is 1. The molecule has 76 valence electrons. The van der Waals surface area contributed by atoms with Crippen LogP contribution in [0.2, 0.25) is 10.0 Å². The highest BCUT2D eigenvalue weighted by molar-refractivity contribution is 6.42. The minimum absolute atomic E-state index is 0.349. The fourth-order valence-electron chi connectivity index (χ4n) is 0.961. The molecule has 1 aromatic rings. The predicted molar refractivity (Wildman–Crippen MR) is 57.2 cm³/mol. The molecule has 1 atom stereocenters. The fraction of sp³-hybridized carbons (Fsp3) is 0.222. The topological polar surface area (TPSA) is 69.1 Å². The Bertz CT molecular complexity index is 377. The van der Waals surface area contributed by atoms with Crippen LogP contribution in [-0.4, -0.2) is 5.91 Å². The molecule has 0 radical (unpaired) electrons. The number of hydrogen-bond donors (Lipinski definition) is 2. The van der Waals surface area contributed by atoms with E-state index in [9.17, 15) is 4.79 Å². The van der Waals surface area contributed by atoms with Gasteiger partial charge in [-0.2, -0.15) is 0 Å². The molecule has 1 amide bonds. The second kappa shape index (κ2) is 3.77. The number of rotatable bonds is 2. The molecule has 0 aliphatic heterocycles. The zero-order valence-corrected chi connectivity index (χ0v) is 9.06. The second-order valence-corrected chi connectivity index (χ2v) is 4.01. The first-order valence-electron chi connectivity index (χ1n) is 3.90. The van der Waals surface area contributed by atoms with Gasteiger partial charge in [0.1, 0.15) is 5.54 Å². The van der Waals surface area contributed by atoms with Gasteiger partial charge in [0.15, 0.2) is 0 Å². The van der Waals surface area contributed by atoms with Crippen molar-refractivity contribution < 1.29 is 4.79 Å². The number of halogens is 2. The van der Waals surface area contributed by atoms with E-state index in [-0.39, 0.29) is 0 Å². The lowest BCUT2D eigenvalue weighted by molar-refractivity contribution is -0.122. The van der Waals surface area contributed by atoms with Crippen molar-refractivity contribution in [3.8, 4) is 0 Å². The van der Waals surface area contributed by atoms with Crippen LogP contribution in [0.5, 0.6) is 0 Å². The van der Waals surface area contributed by atoms with Crippen molar-refractivity contribution in [1.29, 1.82) is 0 Å². The summed E-state index contributed by atoms with van der Waals surface area (Å²) < 4.78 is 0. The van der Waals surface area contributed by atoms with Gasteiger partial charge in [0.25, 0.3) is 0 Å². The number of hydrogen-bond acceptors (Lipinski definition) is 2. The van der Waals surface area contributed by atoms with Gasteiger partial charge < -0.3 is 11.5 Å². The molecule has 14 heavy (non-hydrogen) atoms. The monoisotopic (exact) mass is 232 g/mol. The number of carbonyl (C=O) groups is 1. The Morgan fingerprint density at radius 3 is 2.36 bits per heavy atom. The number of amides is 1. The highest BCUT2D eigenvalue weighted by Crippen LogP contribution is 2.27. The summed E-state index contributed by atoms with van der Waals surface area (Å²) in [4.78, 5) is 11.0. The fourth-order valence-corrected chi connectivity index (χ4v) is 1.26. The van der Waals surface area contributed by atoms with E-state index in [0.29, 0.717) is 15.6 Å². The number of carbonyl (C=O) groups excluding carboxylic acids is 1. The maximum atomic E-state index is 11.0. The Balaban J connectivity index is 3.21. The molecule has 5 heteroatoms. The normalized spacial score (nSPS) is 14.9. The van der Waals surface area contributed by atoms with E-state index in [1.807, 2.05) is 0 Å². The molecule has 0 aromatic heterocycles. The van der Waals surface area contributed by atoms with E-state index in [1.54, 1.807) is 12.1 Å².